The lowest BCUT2D eigenvalue weighted by molar-refractivity contribution is -0.385. The predicted octanol–water partition coefficient (Wildman–Crippen LogP) is 4.62. The summed E-state index contributed by atoms with van der Waals surface area (Å²) < 4.78 is 0.452. The summed E-state index contributed by atoms with van der Waals surface area (Å²) in [6.45, 7) is 0. The van der Waals surface area contributed by atoms with E-state index in [1.54, 1.807) is 36.4 Å². The van der Waals surface area contributed by atoms with Gasteiger partial charge >= 0.3 is 0 Å². The van der Waals surface area contributed by atoms with Crippen LogP contribution in [-0.4, -0.2) is 29.2 Å². The van der Waals surface area contributed by atoms with Crippen molar-refractivity contribution in [3.63, 3.8) is 0 Å². The number of hydrogen-bond acceptors (Lipinski definition) is 6. The van der Waals surface area contributed by atoms with E-state index in [2.05, 4.69) is 0 Å². The molecule has 1 saturated heterocycles. The van der Waals surface area contributed by atoms with Gasteiger partial charge in [-0.25, -0.2) is 0 Å². The Kier molecular flexibility index (Phi) is 5.91. The summed E-state index contributed by atoms with van der Waals surface area (Å²) in [7, 11) is 3.89. The van der Waals surface area contributed by atoms with Crippen LogP contribution in [0.15, 0.2) is 65.6 Å². The molecule has 6 nitrogen and oxygen atoms in total. The topological polar surface area (TPSA) is 66.7 Å². The summed E-state index contributed by atoms with van der Waals surface area (Å²) in [4.78, 5) is 27.3. The summed E-state index contributed by atoms with van der Waals surface area (Å²) in [5, 5.41) is 11.1. The highest BCUT2D eigenvalue weighted by Crippen LogP contribution is 2.35. The van der Waals surface area contributed by atoms with Gasteiger partial charge in [0.05, 0.1) is 21.1 Å². The van der Waals surface area contributed by atoms with E-state index in [0.29, 0.717) is 20.5 Å². The third-order valence-electron chi connectivity index (χ3n) is 4.07. The van der Waals surface area contributed by atoms with Crippen molar-refractivity contribution in [3.8, 4) is 0 Å². The van der Waals surface area contributed by atoms with Crippen LogP contribution >= 0.6 is 24.0 Å². The number of carbonyl (C=O) groups excluding carboxylic acids is 1. The quantitative estimate of drug-likeness (QED) is 0.309. The molecule has 0 atom stereocenters. The van der Waals surface area contributed by atoms with Crippen LogP contribution in [0.1, 0.15) is 5.56 Å². The molecular formula is C20H17N3O3S2. The lowest BCUT2D eigenvalue weighted by Crippen LogP contribution is -2.27. The molecular weight excluding hydrogens is 394 g/mol. The van der Waals surface area contributed by atoms with Crippen LogP contribution in [0.4, 0.5) is 17.1 Å². The zero-order valence-electron chi connectivity index (χ0n) is 15.2. The lowest BCUT2D eigenvalue weighted by atomic mass is 10.1. The average Bonchev–Trinajstić information content (AvgIpc) is 2.95. The fourth-order valence-corrected chi connectivity index (χ4v) is 3.89. The maximum atomic E-state index is 12.7. The van der Waals surface area contributed by atoms with E-state index in [4.69, 9.17) is 12.2 Å². The molecule has 0 unspecified atom stereocenters. The second kappa shape index (κ2) is 8.37. The molecule has 0 aromatic heterocycles. The van der Waals surface area contributed by atoms with Gasteiger partial charge in [0.15, 0.2) is 4.32 Å². The van der Waals surface area contributed by atoms with Gasteiger partial charge in [-0.1, -0.05) is 42.2 Å². The number of thioether (sulfide) groups is 1. The molecule has 0 radical (unpaired) electrons. The third kappa shape index (κ3) is 4.13. The SMILES string of the molecule is CN(C)c1ccc(N2C(=O)/C(=C\C=C\c3ccccc3[N+](=O)[O-])SC2=S)cc1. The van der Waals surface area contributed by atoms with Crippen molar-refractivity contribution in [2.45, 2.75) is 0 Å². The van der Waals surface area contributed by atoms with E-state index in [9.17, 15) is 14.9 Å². The minimum atomic E-state index is -0.434. The predicted molar refractivity (Wildman–Crippen MR) is 119 cm³/mol. The number of rotatable bonds is 5. The number of para-hydroxylation sites is 1. The molecule has 1 aliphatic heterocycles. The van der Waals surface area contributed by atoms with Gasteiger partial charge in [-0.05, 0) is 42.5 Å². The van der Waals surface area contributed by atoms with E-state index < -0.39 is 4.92 Å². The number of nitro groups is 1. The van der Waals surface area contributed by atoms with Crippen LogP contribution in [0, 0.1) is 10.1 Å². The Morgan fingerprint density at radius 1 is 1.14 bits per heavy atom. The number of nitro benzene ring substituents is 1. The third-order valence-corrected chi connectivity index (χ3v) is 5.40. The molecule has 3 rings (SSSR count). The van der Waals surface area contributed by atoms with Gasteiger partial charge in [-0.2, -0.15) is 0 Å². The number of amides is 1. The number of nitrogens with zero attached hydrogens (tertiary/aromatic N) is 3. The number of benzene rings is 2. The first-order valence-corrected chi connectivity index (χ1v) is 9.56. The molecule has 0 saturated carbocycles. The Balaban J connectivity index is 1.81. The Labute approximate surface area is 172 Å². The van der Waals surface area contributed by atoms with Crippen LogP contribution in [0.5, 0.6) is 0 Å². The lowest BCUT2D eigenvalue weighted by Gasteiger charge is -2.17. The Morgan fingerprint density at radius 3 is 2.46 bits per heavy atom. The van der Waals surface area contributed by atoms with Crippen molar-refractivity contribution in [2.24, 2.45) is 0 Å². The first-order valence-electron chi connectivity index (χ1n) is 8.34. The van der Waals surface area contributed by atoms with Crippen LogP contribution in [0.3, 0.4) is 0 Å². The van der Waals surface area contributed by atoms with Gasteiger partial charge in [0.25, 0.3) is 11.6 Å². The highest BCUT2D eigenvalue weighted by atomic mass is 32.2. The molecule has 0 aliphatic carbocycles. The van der Waals surface area contributed by atoms with Crippen LogP contribution in [0.2, 0.25) is 0 Å². The zero-order valence-corrected chi connectivity index (χ0v) is 16.9. The van der Waals surface area contributed by atoms with Gasteiger partial charge in [-0.15, -0.1) is 0 Å². The molecule has 1 amide bonds. The van der Waals surface area contributed by atoms with Crippen LogP contribution < -0.4 is 9.80 Å². The van der Waals surface area contributed by atoms with E-state index in [1.165, 1.54) is 22.7 Å². The van der Waals surface area contributed by atoms with E-state index in [-0.39, 0.29) is 11.6 Å². The molecule has 8 heteroatoms. The number of thiocarbonyl (C=S) groups is 1. The van der Waals surface area contributed by atoms with Gasteiger partial charge in [-0.3, -0.25) is 19.8 Å². The smallest absolute Gasteiger partial charge is 0.276 e. The number of carbonyl (C=O) groups is 1. The molecule has 2 aromatic rings. The normalized spacial score (nSPS) is 15.6. The van der Waals surface area contributed by atoms with E-state index >= 15 is 0 Å². The van der Waals surface area contributed by atoms with Crippen molar-refractivity contribution >= 4 is 57.3 Å². The highest BCUT2D eigenvalue weighted by molar-refractivity contribution is 8.27. The monoisotopic (exact) mass is 411 g/mol. The largest absolute Gasteiger partial charge is 0.378 e. The van der Waals surface area contributed by atoms with E-state index in [0.717, 1.165) is 5.69 Å². The molecule has 1 fully saturated rings. The molecule has 0 spiro atoms. The average molecular weight is 412 g/mol. The van der Waals surface area contributed by atoms with Crippen molar-refractivity contribution in [1.82, 2.24) is 0 Å². The van der Waals surface area contributed by atoms with E-state index in [1.807, 2.05) is 43.3 Å². The number of hydrogen-bond donors (Lipinski definition) is 0. The second-order valence-electron chi connectivity index (χ2n) is 6.13. The van der Waals surface area contributed by atoms with Crippen molar-refractivity contribution in [2.75, 3.05) is 23.9 Å². The highest BCUT2D eigenvalue weighted by Gasteiger charge is 2.32. The van der Waals surface area contributed by atoms with Crippen LogP contribution in [0.25, 0.3) is 6.08 Å². The molecule has 2 aromatic carbocycles. The van der Waals surface area contributed by atoms with Crippen LogP contribution in [-0.2, 0) is 4.79 Å². The molecule has 1 aliphatic rings. The first-order chi connectivity index (χ1) is 13.4. The zero-order chi connectivity index (χ0) is 20.3. The summed E-state index contributed by atoms with van der Waals surface area (Å²) >= 11 is 6.57. The van der Waals surface area contributed by atoms with Gasteiger partial charge in [0, 0.05) is 25.8 Å². The van der Waals surface area contributed by atoms with Crippen molar-refractivity contribution in [3.05, 3.63) is 81.3 Å². The fourth-order valence-electron chi connectivity index (χ4n) is 2.64. The second-order valence-corrected chi connectivity index (χ2v) is 7.80. The number of allylic oxidation sites excluding steroid dienone is 2. The van der Waals surface area contributed by atoms with Crippen molar-refractivity contribution in [1.29, 1.82) is 0 Å². The van der Waals surface area contributed by atoms with Gasteiger partial charge in [0.1, 0.15) is 0 Å². The van der Waals surface area contributed by atoms with Gasteiger partial charge < -0.3 is 4.90 Å². The first kappa shape index (κ1) is 19.8. The standard InChI is InChI=1S/C20H17N3O3S2/c1-21(2)15-10-12-16(13-11-15)22-19(24)18(28-20(22)27)9-5-7-14-6-3-4-8-17(14)23(25)26/h3-13H,1-2H3/b7-5+,18-9+. The summed E-state index contributed by atoms with van der Waals surface area (Å²) in [6.07, 6.45) is 4.87. The molecule has 28 heavy (non-hydrogen) atoms. The fraction of sp³-hybridized carbons (Fsp3) is 0.100. The molecule has 0 bridgehead atoms. The summed E-state index contributed by atoms with van der Waals surface area (Å²) in [5.41, 5.74) is 2.22. The molecule has 142 valence electrons. The molecule has 1 heterocycles. The molecule has 0 N–H and O–H groups in total. The Hall–Kier alpha value is -2.97. The number of anilines is 2. The van der Waals surface area contributed by atoms with Gasteiger partial charge in [0.2, 0.25) is 0 Å². The Bertz CT molecular complexity index is 998. The minimum absolute atomic E-state index is 0.0145. The minimum Gasteiger partial charge on any atom is -0.378 e. The van der Waals surface area contributed by atoms with Crippen molar-refractivity contribution < 1.29 is 9.72 Å². The Morgan fingerprint density at radius 2 is 1.82 bits per heavy atom. The maximum Gasteiger partial charge on any atom is 0.276 e. The maximum absolute atomic E-state index is 12.7. The summed E-state index contributed by atoms with van der Waals surface area (Å²) in [5.74, 6) is -0.209. The summed E-state index contributed by atoms with van der Waals surface area (Å²) in [6, 6.07) is 14.0.